The summed E-state index contributed by atoms with van der Waals surface area (Å²) in [5.74, 6) is 0.335. The first-order valence-corrected chi connectivity index (χ1v) is 9.98. The van der Waals surface area contributed by atoms with Crippen molar-refractivity contribution in [3.8, 4) is 5.75 Å². The lowest BCUT2D eigenvalue weighted by molar-refractivity contribution is -0.137. The molecular weight excluding hydrogens is 363 g/mol. The molecule has 4 rings (SSSR count). The number of rotatable bonds is 2. The molecule has 0 spiro atoms. The quantitative estimate of drug-likeness (QED) is 0.606. The van der Waals surface area contributed by atoms with Crippen LogP contribution in [0.15, 0.2) is 47.5 Å². The van der Waals surface area contributed by atoms with Crippen LogP contribution in [0.4, 0.5) is 18.9 Å². The third kappa shape index (κ3) is 3.21. The molecule has 2 aromatic carbocycles. The van der Waals surface area contributed by atoms with Crippen LogP contribution in [0.5, 0.6) is 5.75 Å². The Morgan fingerprint density at radius 1 is 0.893 bits per heavy atom. The van der Waals surface area contributed by atoms with E-state index in [-0.39, 0.29) is 17.4 Å². The first-order chi connectivity index (χ1) is 13.4. The molecule has 0 bridgehead atoms. The van der Waals surface area contributed by atoms with Crippen LogP contribution in [0.1, 0.15) is 61.6 Å². The number of aliphatic imine (C=N–C) groups is 1. The summed E-state index contributed by atoms with van der Waals surface area (Å²) in [6, 6.07) is 11.3. The van der Waals surface area contributed by atoms with Crippen molar-refractivity contribution in [3.05, 3.63) is 59.2 Å². The number of benzene rings is 2. The molecule has 1 N–H and O–H groups in total. The number of para-hydroxylation sites is 1. The molecule has 2 aliphatic rings. The van der Waals surface area contributed by atoms with E-state index in [0.29, 0.717) is 5.56 Å². The van der Waals surface area contributed by atoms with Crippen molar-refractivity contribution < 1.29 is 18.3 Å². The molecule has 0 radical (unpaired) electrons. The van der Waals surface area contributed by atoms with Gasteiger partial charge in [0.1, 0.15) is 5.75 Å². The van der Waals surface area contributed by atoms with Gasteiger partial charge in [-0.15, -0.1) is 0 Å². The number of alkyl halides is 3. The van der Waals surface area contributed by atoms with Crippen LogP contribution in [0.3, 0.4) is 0 Å². The molecule has 0 aromatic heterocycles. The van der Waals surface area contributed by atoms with Crippen molar-refractivity contribution in [3.63, 3.8) is 0 Å². The van der Waals surface area contributed by atoms with Crippen LogP contribution >= 0.6 is 0 Å². The van der Waals surface area contributed by atoms with E-state index in [1.54, 1.807) is 24.4 Å². The first-order valence-electron chi connectivity index (χ1n) is 9.98. The number of phenols is 1. The van der Waals surface area contributed by atoms with Gasteiger partial charge in [0.2, 0.25) is 0 Å². The minimum absolute atomic E-state index is 0.0464. The van der Waals surface area contributed by atoms with Gasteiger partial charge in [-0.3, -0.25) is 4.99 Å². The van der Waals surface area contributed by atoms with E-state index < -0.39 is 17.2 Å². The van der Waals surface area contributed by atoms with Gasteiger partial charge in [-0.2, -0.15) is 13.2 Å². The van der Waals surface area contributed by atoms with Crippen LogP contribution in [0.25, 0.3) is 0 Å². The highest BCUT2D eigenvalue weighted by atomic mass is 19.4. The number of aromatic hydroxyl groups is 1. The molecule has 1 aliphatic heterocycles. The van der Waals surface area contributed by atoms with Gasteiger partial charge in [-0.05, 0) is 48.1 Å². The molecular formula is C23H24F3NO. The predicted octanol–water partition coefficient (Wildman–Crippen LogP) is 6.77. The monoisotopic (exact) mass is 387 g/mol. The van der Waals surface area contributed by atoms with E-state index in [2.05, 4.69) is 4.99 Å². The van der Waals surface area contributed by atoms with Gasteiger partial charge < -0.3 is 5.11 Å². The molecule has 1 saturated carbocycles. The number of phenolic OH excluding ortho intramolecular Hbond substituents is 1. The smallest absolute Gasteiger partial charge is 0.418 e. The second-order valence-corrected chi connectivity index (χ2v) is 7.92. The minimum atomic E-state index is -4.44. The highest BCUT2D eigenvalue weighted by molar-refractivity contribution is 5.91. The van der Waals surface area contributed by atoms with Crippen LogP contribution in [0, 0.1) is 5.92 Å². The van der Waals surface area contributed by atoms with Crippen molar-refractivity contribution in [2.75, 3.05) is 0 Å². The standard InChI is InChI=1S/C23H24F3NO/c24-23(25,26)20-10-6-9-19-21(20)27-15-22(19,17-11-13-18(28)14-12-17)16-7-4-2-1-3-5-8-16/h6,9-16,28H,1-5,7-8H2. The van der Waals surface area contributed by atoms with E-state index in [1.165, 1.54) is 12.5 Å². The molecule has 5 heteroatoms. The SMILES string of the molecule is Oc1ccc(C2(C3CCCCCCC3)C=Nc3c(C(F)(F)F)cccc32)cc1. The summed E-state index contributed by atoms with van der Waals surface area (Å²) in [5, 5.41) is 9.74. The van der Waals surface area contributed by atoms with Gasteiger partial charge in [0, 0.05) is 6.21 Å². The van der Waals surface area contributed by atoms with Crippen LogP contribution in [0.2, 0.25) is 0 Å². The summed E-state index contributed by atoms with van der Waals surface area (Å²) in [6.45, 7) is 0. The Labute approximate surface area is 163 Å². The lowest BCUT2D eigenvalue weighted by atomic mass is 9.63. The van der Waals surface area contributed by atoms with Gasteiger partial charge in [0.05, 0.1) is 16.7 Å². The summed E-state index contributed by atoms with van der Waals surface area (Å²) in [4.78, 5) is 4.34. The highest BCUT2D eigenvalue weighted by Crippen LogP contribution is 2.53. The maximum Gasteiger partial charge on any atom is 0.418 e. The fraction of sp³-hybridized carbons (Fsp3) is 0.435. The van der Waals surface area contributed by atoms with Crippen molar-refractivity contribution in [1.82, 2.24) is 0 Å². The first kappa shape index (κ1) is 19.0. The van der Waals surface area contributed by atoms with Crippen LogP contribution in [-0.4, -0.2) is 11.3 Å². The van der Waals surface area contributed by atoms with Crippen molar-refractivity contribution in [1.29, 1.82) is 0 Å². The van der Waals surface area contributed by atoms with Crippen molar-refractivity contribution >= 4 is 11.9 Å². The zero-order chi connectivity index (χ0) is 19.8. The minimum Gasteiger partial charge on any atom is -0.508 e. The van der Waals surface area contributed by atoms with Gasteiger partial charge in [0.15, 0.2) is 0 Å². The molecule has 148 valence electrons. The van der Waals surface area contributed by atoms with Crippen LogP contribution in [-0.2, 0) is 11.6 Å². The van der Waals surface area contributed by atoms with E-state index in [9.17, 15) is 18.3 Å². The predicted molar refractivity (Wildman–Crippen MR) is 104 cm³/mol. The topological polar surface area (TPSA) is 32.6 Å². The Balaban J connectivity index is 1.90. The van der Waals surface area contributed by atoms with Gasteiger partial charge in [-0.1, -0.05) is 56.4 Å². The Hall–Kier alpha value is -2.30. The highest BCUT2D eigenvalue weighted by Gasteiger charge is 2.47. The van der Waals surface area contributed by atoms with Gasteiger partial charge in [-0.25, -0.2) is 0 Å². The number of hydrogen-bond acceptors (Lipinski definition) is 2. The lowest BCUT2D eigenvalue weighted by Gasteiger charge is -2.38. The van der Waals surface area contributed by atoms with Crippen molar-refractivity contribution in [2.24, 2.45) is 10.9 Å². The van der Waals surface area contributed by atoms with Gasteiger partial charge in [0.25, 0.3) is 0 Å². The fourth-order valence-corrected chi connectivity index (χ4v) is 4.92. The molecule has 1 unspecified atom stereocenters. The number of hydrogen-bond donors (Lipinski definition) is 1. The normalized spacial score (nSPS) is 23.2. The number of halogens is 3. The zero-order valence-corrected chi connectivity index (χ0v) is 15.7. The van der Waals surface area contributed by atoms with E-state index >= 15 is 0 Å². The maximum absolute atomic E-state index is 13.6. The Bertz CT molecular complexity index is 864. The van der Waals surface area contributed by atoms with E-state index in [4.69, 9.17) is 0 Å². The summed E-state index contributed by atoms with van der Waals surface area (Å²) >= 11 is 0. The van der Waals surface area contributed by atoms with Gasteiger partial charge >= 0.3 is 6.18 Å². The summed E-state index contributed by atoms with van der Waals surface area (Å²) < 4.78 is 40.8. The third-order valence-corrected chi connectivity index (χ3v) is 6.28. The zero-order valence-electron chi connectivity index (χ0n) is 15.7. The van der Waals surface area contributed by atoms with Crippen LogP contribution < -0.4 is 0 Å². The molecule has 0 amide bonds. The molecule has 1 atom stereocenters. The molecule has 1 fully saturated rings. The molecule has 1 heterocycles. The lowest BCUT2D eigenvalue weighted by Crippen LogP contribution is -2.37. The molecule has 0 saturated heterocycles. The Morgan fingerprint density at radius 2 is 1.54 bits per heavy atom. The molecule has 1 aliphatic carbocycles. The fourth-order valence-electron chi connectivity index (χ4n) is 4.92. The maximum atomic E-state index is 13.6. The summed E-state index contributed by atoms with van der Waals surface area (Å²) in [6.07, 6.45) is 4.93. The third-order valence-electron chi connectivity index (χ3n) is 6.28. The second-order valence-electron chi connectivity index (χ2n) is 7.92. The molecule has 2 nitrogen and oxygen atoms in total. The average molecular weight is 387 g/mol. The Kier molecular flexibility index (Phi) is 4.94. The molecule has 28 heavy (non-hydrogen) atoms. The van der Waals surface area contributed by atoms with E-state index in [0.717, 1.165) is 50.2 Å². The summed E-state index contributed by atoms with van der Waals surface area (Å²) in [7, 11) is 0. The molecule has 2 aromatic rings. The largest absolute Gasteiger partial charge is 0.508 e. The second kappa shape index (κ2) is 7.26. The number of fused-ring (bicyclic) bond motifs is 1. The van der Waals surface area contributed by atoms with Crippen molar-refractivity contribution in [2.45, 2.75) is 56.5 Å². The number of nitrogens with zero attached hydrogens (tertiary/aromatic N) is 1. The average Bonchev–Trinajstić information content (AvgIpc) is 3.02. The Morgan fingerprint density at radius 3 is 2.18 bits per heavy atom. The summed E-state index contributed by atoms with van der Waals surface area (Å²) in [5.41, 5.74) is 0.232. The van der Waals surface area contributed by atoms with E-state index in [1.807, 2.05) is 12.1 Å².